The van der Waals surface area contributed by atoms with Gasteiger partial charge in [0.15, 0.2) is 0 Å². The van der Waals surface area contributed by atoms with Crippen LogP contribution >= 0.6 is 0 Å². The lowest BCUT2D eigenvalue weighted by atomic mass is 9.91. The Morgan fingerprint density at radius 3 is 2.53 bits per heavy atom. The van der Waals surface area contributed by atoms with Crippen LogP contribution in [0.3, 0.4) is 0 Å². The molecule has 2 heterocycles. The maximum Gasteiger partial charge on any atom is 0.270 e. The molecular formula is C11H17N3O4S. The van der Waals surface area contributed by atoms with Gasteiger partial charge in [-0.1, -0.05) is 6.92 Å². The lowest BCUT2D eigenvalue weighted by molar-refractivity contribution is -0.0829. The van der Waals surface area contributed by atoms with Crippen molar-refractivity contribution in [3.63, 3.8) is 0 Å². The summed E-state index contributed by atoms with van der Waals surface area (Å²) in [5.41, 5.74) is -0.578. The molecule has 1 aromatic rings. The van der Waals surface area contributed by atoms with Crippen LogP contribution in [0.25, 0.3) is 0 Å². The van der Waals surface area contributed by atoms with Crippen LogP contribution in [-0.4, -0.2) is 47.6 Å². The second-order valence-electron chi connectivity index (χ2n) is 4.96. The Morgan fingerprint density at radius 1 is 1.53 bits per heavy atom. The van der Waals surface area contributed by atoms with Crippen molar-refractivity contribution in [1.29, 1.82) is 0 Å². The van der Waals surface area contributed by atoms with Crippen molar-refractivity contribution >= 4 is 15.9 Å². The van der Waals surface area contributed by atoms with Gasteiger partial charge in [0, 0.05) is 13.2 Å². The van der Waals surface area contributed by atoms with E-state index < -0.39 is 15.6 Å². The molecule has 8 heteroatoms. The minimum Gasteiger partial charge on any atom is -0.386 e. The first-order valence-corrected chi connectivity index (χ1v) is 7.42. The predicted molar refractivity (Wildman–Crippen MR) is 67.9 cm³/mol. The molecule has 0 bridgehead atoms. The number of likely N-dealkylation sites (tertiary alicyclic amines) is 1. The Hall–Kier alpha value is -1.38. The van der Waals surface area contributed by atoms with E-state index in [1.807, 2.05) is 6.92 Å². The van der Waals surface area contributed by atoms with Gasteiger partial charge in [0.25, 0.3) is 5.91 Å². The number of nitrogens with two attached hydrogens (primary N) is 1. The quantitative estimate of drug-likeness (QED) is 0.764. The molecule has 0 spiro atoms. The Kier molecular flexibility index (Phi) is 3.20. The van der Waals surface area contributed by atoms with E-state index in [0.29, 0.717) is 6.42 Å². The number of nitrogens with zero attached hydrogens (tertiary/aromatic N) is 2. The molecule has 1 fully saturated rings. The van der Waals surface area contributed by atoms with E-state index in [2.05, 4.69) is 0 Å². The fourth-order valence-corrected chi connectivity index (χ4v) is 2.68. The molecule has 1 aliphatic heterocycles. The number of primary sulfonamides is 1. The van der Waals surface area contributed by atoms with E-state index in [-0.39, 0.29) is 29.6 Å². The zero-order valence-corrected chi connectivity index (χ0v) is 11.6. The van der Waals surface area contributed by atoms with E-state index in [4.69, 9.17) is 5.14 Å². The topological polar surface area (TPSA) is 106 Å². The van der Waals surface area contributed by atoms with Crippen LogP contribution in [0.2, 0.25) is 0 Å². The van der Waals surface area contributed by atoms with Crippen molar-refractivity contribution < 1.29 is 18.3 Å². The first kappa shape index (κ1) is 14.0. The zero-order chi connectivity index (χ0) is 14.4. The summed E-state index contributed by atoms with van der Waals surface area (Å²) in [6.07, 6.45) is 1.88. The average molecular weight is 287 g/mol. The van der Waals surface area contributed by atoms with Crippen LogP contribution in [0, 0.1) is 0 Å². The number of hydrogen-bond acceptors (Lipinski definition) is 4. The Bertz CT molecular complexity index is 614. The first-order chi connectivity index (χ1) is 8.66. The van der Waals surface area contributed by atoms with Crippen LogP contribution < -0.4 is 5.14 Å². The normalized spacial score (nSPS) is 18.2. The highest BCUT2D eigenvalue weighted by Gasteiger charge is 2.42. The second-order valence-corrected chi connectivity index (χ2v) is 6.52. The Labute approximate surface area is 111 Å². The molecule has 0 atom stereocenters. The van der Waals surface area contributed by atoms with Crippen LogP contribution in [0.4, 0.5) is 0 Å². The largest absolute Gasteiger partial charge is 0.386 e. The number of β-amino-alcohol motifs (C(OH)–C–C–N with tert-alkyl or cyclic N) is 1. The monoisotopic (exact) mass is 287 g/mol. The molecule has 1 aliphatic rings. The molecule has 1 saturated heterocycles. The molecule has 3 N–H and O–H groups in total. The van der Waals surface area contributed by atoms with E-state index in [1.54, 1.807) is 7.05 Å². The van der Waals surface area contributed by atoms with Gasteiger partial charge in [-0.2, -0.15) is 0 Å². The second kappa shape index (κ2) is 4.32. The molecule has 1 aromatic heterocycles. The molecule has 0 saturated carbocycles. The van der Waals surface area contributed by atoms with E-state index in [1.165, 1.54) is 21.7 Å². The predicted octanol–water partition coefficient (Wildman–Crippen LogP) is -0.731. The highest BCUT2D eigenvalue weighted by atomic mass is 32.2. The van der Waals surface area contributed by atoms with Gasteiger partial charge < -0.3 is 14.6 Å². The third kappa shape index (κ3) is 2.51. The number of carbonyl (C=O) groups is 1. The number of carbonyl (C=O) groups excluding carboxylic acids is 1. The van der Waals surface area contributed by atoms with Gasteiger partial charge in [-0.15, -0.1) is 0 Å². The summed E-state index contributed by atoms with van der Waals surface area (Å²) in [5, 5.41) is 14.9. The average Bonchev–Trinajstić information content (AvgIpc) is 2.66. The molecule has 2 rings (SSSR count). The molecule has 0 radical (unpaired) electrons. The van der Waals surface area contributed by atoms with Gasteiger partial charge in [0.2, 0.25) is 10.0 Å². The molecule has 0 aliphatic carbocycles. The summed E-state index contributed by atoms with van der Waals surface area (Å²) >= 11 is 0. The lowest BCUT2D eigenvalue weighted by Crippen LogP contribution is -2.63. The third-order valence-corrected chi connectivity index (χ3v) is 4.32. The minimum absolute atomic E-state index is 0.0929. The SMILES string of the molecule is CCC1(O)CN(C(=O)c2cc(S(N)(=O)=O)cn2C)C1. The molecule has 7 nitrogen and oxygen atoms in total. The molecular weight excluding hydrogens is 270 g/mol. The summed E-state index contributed by atoms with van der Waals surface area (Å²) < 4.78 is 23.9. The van der Waals surface area contributed by atoms with Crippen molar-refractivity contribution in [3.05, 3.63) is 18.0 Å². The third-order valence-electron chi connectivity index (χ3n) is 3.44. The molecule has 1 amide bonds. The molecule has 0 aromatic carbocycles. The van der Waals surface area contributed by atoms with Crippen molar-refractivity contribution in [2.75, 3.05) is 13.1 Å². The number of aromatic nitrogens is 1. The van der Waals surface area contributed by atoms with Gasteiger partial charge in [-0.25, -0.2) is 13.6 Å². The zero-order valence-electron chi connectivity index (χ0n) is 10.8. The summed E-state index contributed by atoms with van der Waals surface area (Å²) in [6.45, 7) is 2.37. The van der Waals surface area contributed by atoms with Gasteiger partial charge in [-0.3, -0.25) is 4.79 Å². The molecule has 0 unspecified atom stereocenters. The highest BCUT2D eigenvalue weighted by molar-refractivity contribution is 7.89. The van der Waals surface area contributed by atoms with Crippen LogP contribution in [-0.2, 0) is 17.1 Å². The lowest BCUT2D eigenvalue weighted by Gasteiger charge is -2.46. The van der Waals surface area contributed by atoms with Crippen molar-refractivity contribution in [2.45, 2.75) is 23.8 Å². The maximum absolute atomic E-state index is 12.2. The number of aryl methyl sites for hydroxylation is 1. The van der Waals surface area contributed by atoms with Crippen LogP contribution in [0.15, 0.2) is 17.2 Å². The maximum atomic E-state index is 12.2. The van der Waals surface area contributed by atoms with Crippen molar-refractivity contribution in [2.24, 2.45) is 12.2 Å². The summed E-state index contributed by atoms with van der Waals surface area (Å²) in [7, 11) is -2.24. The van der Waals surface area contributed by atoms with Gasteiger partial charge in [-0.05, 0) is 12.5 Å². The van der Waals surface area contributed by atoms with Crippen LogP contribution in [0.5, 0.6) is 0 Å². The fourth-order valence-electron chi connectivity index (χ4n) is 2.10. The standard InChI is InChI=1S/C11H17N3O4S/c1-3-11(16)6-14(7-11)10(15)9-4-8(5-13(9)2)19(12,17)18/h4-5,16H,3,6-7H2,1-2H3,(H2,12,17,18). The summed E-state index contributed by atoms with van der Waals surface area (Å²) in [4.78, 5) is 13.5. The van der Waals surface area contributed by atoms with Gasteiger partial charge >= 0.3 is 0 Å². The highest BCUT2D eigenvalue weighted by Crippen LogP contribution is 2.26. The fraction of sp³-hybridized carbons (Fsp3) is 0.545. The van der Waals surface area contributed by atoms with Gasteiger partial charge in [0.1, 0.15) is 10.6 Å². The number of sulfonamides is 1. The van der Waals surface area contributed by atoms with Crippen molar-refractivity contribution in [1.82, 2.24) is 9.47 Å². The number of amides is 1. The molecule has 106 valence electrons. The number of rotatable bonds is 3. The van der Waals surface area contributed by atoms with E-state index in [9.17, 15) is 18.3 Å². The van der Waals surface area contributed by atoms with E-state index >= 15 is 0 Å². The first-order valence-electron chi connectivity index (χ1n) is 5.87. The minimum atomic E-state index is -3.82. The summed E-state index contributed by atoms with van der Waals surface area (Å²) in [6, 6.07) is 1.25. The smallest absolute Gasteiger partial charge is 0.270 e. The molecule has 19 heavy (non-hydrogen) atoms. The number of aliphatic hydroxyl groups is 1. The van der Waals surface area contributed by atoms with Gasteiger partial charge in [0.05, 0.1) is 18.7 Å². The van der Waals surface area contributed by atoms with Crippen molar-refractivity contribution in [3.8, 4) is 0 Å². The Balaban J connectivity index is 2.20. The summed E-state index contributed by atoms with van der Waals surface area (Å²) in [5.74, 6) is -0.310. The van der Waals surface area contributed by atoms with E-state index in [0.717, 1.165) is 0 Å². The van der Waals surface area contributed by atoms with Crippen LogP contribution in [0.1, 0.15) is 23.8 Å². The number of hydrogen-bond donors (Lipinski definition) is 2. The Morgan fingerprint density at radius 2 is 2.11 bits per heavy atom.